The molecule has 1 saturated heterocycles. The maximum absolute atomic E-state index is 12.5. The number of hydrogen-bond acceptors (Lipinski definition) is 6. The molecular formula is C23H27N3O3. The predicted octanol–water partition coefficient (Wildman–Crippen LogP) is 3.54. The lowest BCUT2D eigenvalue weighted by molar-refractivity contribution is 0.0977. The lowest BCUT2D eigenvalue weighted by atomic mass is 10.0. The maximum Gasteiger partial charge on any atom is 0.169 e. The number of fused-ring (bicyclic) bond motifs is 1. The van der Waals surface area contributed by atoms with Crippen molar-refractivity contribution < 1.29 is 14.3 Å². The fourth-order valence-electron chi connectivity index (χ4n) is 3.70. The third-order valence-corrected chi connectivity index (χ3v) is 5.37. The van der Waals surface area contributed by atoms with Crippen molar-refractivity contribution in [2.45, 2.75) is 19.3 Å². The number of carbonyl (C=O) groups is 1. The Bertz CT molecular complexity index is 846. The third-order valence-electron chi connectivity index (χ3n) is 5.37. The zero-order valence-corrected chi connectivity index (χ0v) is 16.6. The molecule has 3 heterocycles. The number of pyridine rings is 1. The number of hydrogen-bond donors (Lipinski definition) is 0. The molecule has 0 radical (unpaired) electrons. The first-order chi connectivity index (χ1) is 14.3. The van der Waals surface area contributed by atoms with Gasteiger partial charge in [-0.2, -0.15) is 0 Å². The summed E-state index contributed by atoms with van der Waals surface area (Å²) in [5, 5.41) is 0. The van der Waals surface area contributed by atoms with Crippen LogP contribution in [0.5, 0.6) is 11.5 Å². The SMILES string of the molecule is O=C(CCCCN1CCN(c2ccccn2)CC1)c1ccc2c(c1)OC=CCO2. The quantitative estimate of drug-likeness (QED) is 0.530. The Morgan fingerprint density at radius 3 is 2.76 bits per heavy atom. The summed E-state index contributed by atoms with van der Waals surface area (Å²) < 4.78 is 11.1. The Morgan fingerprint density at radius 1 is 1.03 bits per heavy atom. The molecule has 0 saturated carbocycles. The minimum Gasteiger partial charge on any atom is -0.485 e. The highest BCUT2D eigenvalue weighted by atomic mass is 16.5. The summed E-state index contributed by atoms with van der Waals surface area (Å²) in [6.45, 7) is 5.61. The van der Waals surface area contributed by atoms with E-state index < -0.39 is 0 Å². The average Bonchev–Trinajstić information content (AvgIpc) is 3.02. The van der Waals surface area contributed by atoms with E-state index in [0.29, 0.717) is 30.1 Å². The van der Waals surface area contributed by atoms with Crippen LogP contribution in [-0.4, -0.2) is 55.0 Å². The van der Waals surface area contributed by atoms with E-state index in [1.54, 1.807) is 18.4 Å². The second kappa shape index (κ2) is 9.56. The van der Waals surface area contributed by atoms with E-state index in [4.69, 9.17) is 9.47 Å². The van der Waals surface area contributed by atoms with Crippen molar-refractivity contribution in [3.63, 3.8) is 0 Å². The summed E-state index contributed by atoms with van der Waals surface area (Å²) in [5.41, 5.74) is 0.687. The second-order valence-corrected chi connectivity index (χ2v) is 7.36. The van der Waals surface area contributed by atoms with Crippen molar-refractivity contribution >= 4 is 11.6 Å². The van der Waals surface area contributed by atoms with Crippen molar-refractivity contribution in [1.29, 1.82) is 0 Å². The Labute approximate surface area is 171 Å². The van der Waals surface area contributed by atoms with Gasteiger partial charge in [0.15, 0.2) is 17.3 Å². The standard InChI is InChI=1S/C23H27N3O3/c27-20(19-8-9-21-22(18-19)29-17-5-16-28-21)6-2-4-11-25-12-14-26(15-13-25)23-7-1-3-10-24-23/h1,3,5,7-10,17-18H,2,4,6,11-16H2. The normalized spacial score (nSPS) is 16.5. The molecule has 0 atom stereocenters. The van der Waals surface area contributed by atoms with Gasteiger partial charge in [0.05, 0.1) is 6.26 Å². The van der Waals surface area contributed by atoms with Gasteiger partial charge in [0.25, 0.3) is 0 Å². The van der Waals surface area contributed by atoms with Gasteiger partial charge in [-0.05, 0) is 55.8 Å². The van der Waals surface area contributed by atoms with E-state index in [0.717, 1.165) is 51.4 Å². The van der Waals surface area contributed by atoms with Crippen LogP contribution in [0.25, 0.3) is 0 Å². The average molecular weight is 393 g/mol. The topological polar surface area (TPSA) is 54.9 Å². The number of benzene rings is 1. The Kier molecular flexibility index (Phi) is 6.42. The molecule has 0 bridgehead atoms. The Hall–Kier alpha value is -2.86. The molecule has 152 valence electrons. The Morgan fingerprint density at radius 2 is 1.93 bits per heavy atom. The van der Waals surface area contributed by atoms with Crippen molar-refractivity contribution in [2.24, 2.45) is 0 Å². The van der Waals surface area contributed by atoms with Gasteiger partial charge in [-0.3, -0.25) is 9.69 Å². The largest absolute Gasteiger partial charge is 0.485 e. The molecule has 4 rings (SSSR count). The van der Waals surface area contributed by atoms with Gasteiger partial charge in [-0.25, -0.2) is 4.98 Å². The van der Waals surface area contributed by atoms with Crippen LogP contribution in [0.1, 0.15) is 29.6 Å². The van der Waals surface area contributed by atoms with Crippen LogP contribution in [0.3, 0.4) is 0 Å². The van der Waals surface area contributed by atoms with Crippen LogP contribution in [-0.2, 0) is 0 Å². The van der Waals surface area contributed by atoms with Gasteiger partial charge < -0.3 is 14.4 Å². The van der Waals surface area contributed by atoms with E-state index in [2.05, 4.69) is 20.9 Å². The van der Waals surface area contributed by atoms with Crippen LogP contribution in [0.15, 0.2) is 54.9 Å². The van der Waals surface area contributed by atoms with E-state index in [1.165, 1.54) is 0 Å². The van der Waals surface area contributed by atoms with E-state index >= 15 is 0 Å². The van der Waals surface area contributed by atoms with Crippen LogP contribution < -0.4 is 14.4 Å². The van der Waals surface area contributed by atoms with E-state index in [9.17, 15) is 4.79 Å². The molecule has 1 fully saturated rings. The first-order valence-electron chi connectivity index (χ1n) is 10.3. The van der Waals surface area contributed by atoms with Crippen molar-refractivity contribution in [1.82, 2.24) is 9.88 Å². The number of ether oxygens (including phenoxy) is 2. The van der Waals surface area contributed by atoms with Crippen molar-refractivity contribution in [3.8, 4) is 11.5 Å². The summed E-state index contributed by atoms with van der Waals surface area (Å²) >= 11 is 0. The molecule has 0 N–H and O–H groups in total. The molecule has 29 heavy (non-hydrogen) atoms. The third kappa shape index (κ3) is 5.15. The second-order valence-electron chi connectivity index (χ2n) is 7.36. The van der Waals surface area contributed by atoms with Crippen LogP contribution >= 0.6 is 0 Å². The highest BCUT2D eigenvalue weighted by Gasteiger charge is 2.18. The minimum absolute atomic E-state index is 0.157. The van der Waals surface area contributed by atoms with Crippen LogP contribution in [0.2, 0.25) is 0 Å². The summed E-state index contributed by atoms with van der Waals surface area (Å²) in [4.78, 5) is 21.8. The summed E-state index contributed by atoms with van der Waals surface area (Å²) in [6, 6.07) is 11.5. The smallest absolute Gasteiger partial charge is 0.169 e. The first-order valence-corrected chi connectivity index (χ1v) is 10.3. The monoisotopic (exact) mass is 393 g/mol. The molecular weight excluding hydrogens is 366 g/mol. The number of anilines is 1. The molecule has 0 aliphatic carbocycles. The van der Waals surface area contributed by atoms with Crippen molar-refractivity contribution in [2.75, 3.05) is 44.2 Å². The molecule has 2 aromatic rings. The zero-order valence-electron chi connectivity index (χ0n) is 16.6. The molecule has 6 nitrogen and oxygen atoms in total. The summed E-state index contributed by atoms with van der Waals surface area (Å²) in [5.74, 6) is 2.50. The molecule has 1 aromatic carbocycles. The molecule has 2 aliphatic rings. The molecule has 2 aliphatic heterocycles. The number of Topliss-reactive ketones (excluding diaryl/α,β-unsaturated/α-hetero) is 1. The van der Waals surface area contributed by atoms with Gasteiger partial charge in [0.2, 0.25) is 0 Å². The number of rotatable bonds is 7. The number of aromatic nitrogens is 1. The maximum atomic E-state index is 12.5. The lowest BCUT2D eigenvalue weighted by Gasteiger charge is -2.35. The van der Waals surface area contributed by atoms with Gasteiger partial charge in [-0.15, -0.1) is 0 Å². The number of piperazine rings is 1. The van der Waals surface area contributed by atoms with Crippen LogP contribution in [0, 0.1) is 0 Å². The molecule has 1 aromatic heterocycles. The van der Waals surface area contributed by atoms with Gasteiger partial charge >= 0.3 is 0 Å². The van der Waals surface area contributed by atoms with Gasteiger partial charge in [0.1, 0.15) is 12.4 Å². The first kappa shape index (κ1) is 19.5. The molecule has 6 heteroatoms. The highest BCUT2D eigenvalue weighted by Crippen LogP contribution is 2.30. The van der Waals surface area contributed by atoms with Gasteiger partial charge in [-0.1, -0.05) is 6.07 Å². The number of unbranched alkanes of at least 4 members (excludes halogenated alkanes) is 1. The molecule has 0 amide bonds. The van der Waals surface area contributed by atoms with E-state index in [-0.39, 0.29) is 5.78 Å². The number of carbonyl (C=O) groups excluding carboxylic acids is 1. The zero-order chi connectivity index (χ0) is 19.9. The number of ketones is 1. The highest BCUT2D eigenvalue weighted by molar-refractivity contribution is 5.96. The Balaban J connectivity index is 1.18. The predicted molar refractivity (Wildman–Crippen MR) is 113 cm³/mol. The lowest BCUT2D eigenvalue weighted by Crippen LogP contribution is -2.46. The number of nitrogens with zero attached hydrogens (tertiary/aromatic N) is 3. The van der Waals surface area contributed by atoms with Gasteiger partial charge in [0, 0.05) is 44.4 Å². The van der Waals surface area contributed by atoms with Crippen LogP contribution in [0.4, 0.5) is 5.82 Å². The molecule has 0 unspecified atom stereocenters. The van der Waals surface area contributed by atoms with Crippen molar-refractivity contribution in [3.05, 3.63) is 60.5 Å². The summed E-state index contributed by atoms with van der Waals surface area (Å²) in [7, 11) is 0. The summed E-state index contributed by atoms with van der Waals surface area (Å²) in [6.07, 6.45) is 7.74. The minimum atomic E-state index is 0.157. The fourth-order valence-corrected chi connectivity index (χ4v) is 3.70. The van der Waals surface area contributed by atoms with E-state index in [1.807, 2.05) is 30.5 Å². The molecule has 0 spiro atoms. The fraction of sp³-hybridized carbons (Fsp3) is 0.391.